The lowest BCUT2D eigenvalue weighted by Gasteiger charge is -2.39. The molecule has 16 N–H and O–H groups in total. The van der Waals surface area contributed by atoms with Gasteiger partial charge in [0.2, 0.25) is 29.4 Å². The molecule has 0 aliphatic carbocycles. The maximum atomic E-state index is 14.3. The van der Waals surface area contributed by atoms with Crippen molar-refractivity contribution in [1.29, 1.82) is 0 Å². The summed E-state index contributed by atoms with van der Waals surface area (Å²) in [5.74, 6) is -3.15. The van der Waals surface area contributed by atoms with E-state index in [9.17, 15) is 80.5 Å². The van der Waals surface area contributed by atoms with Gasteiger partial charge in [0.05, 0.1) is 165 Å². The van der Waals surface area contributed by atoms with Gasteiger partial charge in [0.25, 0.3) is 0 Å². The summed E-state index contributed by atoms with van der Waals surface area (Å²) in [4.78, 5) is 56.1. The Morgan fingerprint density at radius 2 is 0.791 bits per heavy atom. The molecule has 14 atom stereocenters. The summed E-state index contributed by atoms with van der Waals surface area (Å²) in [7, 11) is 2.09. The minimum Gasteiger partial charge on any atom is -0.504 e. The molecule has 4 aliphatic heterocycles. The number of carbonyl (C=O) groups is 4. The number of ether oxygens (including phenoxy) is 17. The van der Waals surface area contributed by atoms with E-state index in [4.69, 9.17) is 80.5 Å². The average Bonchev–Trinajstić information content (AvgIpc) is 1.30. The van der Waals surface area contributed by atoms with E-state index in [-0.39, 0.29) is 214 Å². The molecule has 0 saturated carbocycles. The first-order valence-corrected chi connectivity index (χ1v) is 49.6. The topological polar surface area (TPSA) is 519 Å². The molecule has 134 heavy (non-hydrogen) atoms. The number of aliphatic hydroxyl groups excluding tert-OH is 12. The molecule has 38 nitrogen and oxygen atoms in total. The van der Waals surface area contributed by atoms with E-state index in [1.54, 1.807) is 0 Å². The maximum absolute atomic E-state index is 14.3. The molecular weight excluding hydrogens is 1750 g/mol. The molecule has 8 unspecified atom stereocenters. The van der Waals surface area contributed by atoms with Crippen LogP contribution < -0.4 is 21.3 Å². The summed E-state index contributed by atoms with van der Waals surface area (Å²) in [5, 5.41) is 130. The van der Waals surface area contributed by atoms with E-state index in [1.165, 1.54) is 103 Å². The lowest BCUT2D eigenvalue weighted by atomic mass is 9.98. The van der Waals surface area contributed by atoms with Gasteiger partial charge in [0.1, 0.15) is 73.2 Å². The highest BCUT2D eigenvalue weighted by molar-refractivity contribution is 5.77. The van der Waals surface area contributed by atoms with E-state index in [1.807, 2.05) is 0 Å². The summed E-state index contributed by atoms with van der Waals surface area (Å²) in [6, 6.07) is 0. The van der Waals surface area contributed by atoms with E-state index >= 15 is 0 Å². The van der Waals surface area contributed by atoms with Gasteiger partial charge in [-0.15, -0.1) is 0 Å². The first kappa shape index (κ1) is 121. The normalized spacial score (nSPS) is 23.2. The summed E-state index contributed by atoms with van der Waals surface area (Å²) < 4.78 is 97.7. The fourth-order valence-electron chi connectivity index (χ4n) is 15.1. The SMILES string of the molecule is CCCCC/C=C\C/C=C\CCCCCCCCC1(CCCCCCCC/C=C\C/C=C\CCCCC)OC[C@H](CN(C)CCCCCC(=O)NC(COCCC(=O)NCCOCCOCCOC2=C(O)C(O)[C@H](O)C(CO)O2)(COCCC(=O)NCCOCCOCCO[C@@H]2OC(CO)[C@@H](O)C(O)C2O)COCCC(=O)NCCOCCOCCO[C@@H]2OC(CO)[C@@H](O)C(O)C2O)O1. The minimum absolute atomic E-state index is 0.0331. The molecule has 0 radical (unpaired) electrons. The van der Waals surface area contributed by atoms with Crippen LogP contribution in [0.3, 0.4) is 0 Å². The lowest BCUT2D eigenvalue weighted by molar-refractivity contribution is -0.302. The molecule has 0 spiro atoms. The third-order valence-electron chi connectivity index (χ3n) is 23.0. The van der Waals surface area contributed by atoms with Crippen molar-refractivity contribution >= 4 is 23.6 Å². The van der Waals surface area contributed by atoms with Crippen molar-refractivity contribution in [3.63, 3.8) is 0 Å². The molecule has 4 rings (SSSR count). The maximum Gasteiger partial charge on any atom is 0.322 e. The Morgan fingerprint density at radius 3 is 1.21 bits per heavy atom. The van der Waals surface area contributed by atoms with Gasteiger partial charge in [-0.25, -0.2) is 0 Å². The number of nitrogens with zero attached hydrogens (tertiary/aromatic N) is 1. The Balaban J connectivity index is 1.34. The number of aliphatic hydroxyl groups is 12. The van der Waals surface area contributed by atoms with Crippen molar-refractivity contribution in [3.8, 4) is 0 Å². The molecule has 3 fully saturated rings. The first-order valence-electron chi connectivity index (χ1n) is 49.6. The van der Waals surface area contributed by atoms with Crippen LogP contribution in [0.2, 0.25) is 0 Å². The van der Waals surface area contributed by atoms with Crippen LogP contribution in [-0.2, 0) is 99.7 Å². The molecular formula is C96H173N5O33. The van der Waals surface area contributed by atoms with Crippen molar-refractivity contribution in [2.75, 3.05) is 205 Å². The number of unbranched alkanes of at least 4 members (excludes halogenated alkanes) is 20. The molecule has 3 saturated heterocycles. The Hall–Kier alpha value is -5.10. The Labute approximate surface area is 795 Å². The molecule has 4 amide bonds. The predicted octanol–water partition coefficient (Wildman–Crippen LogP) is 5.01. The molecule has 4 aliphatic rings. The summed E-state index contributed by atoms with van der Waals surface area (Å²) in [5.41, 5.74) is -1.41. The fourth-order valence-corrected chi connectivity index (χ4v) is 15.1. The molecule has 38 heteroatoms. The number of hydrogen-bond donors (Lipinski definition) is 16. The van der Waals surface area contributed by atoms with Gasteiger partial charge in [0, 0.05) is 64.7 Å². The quantitative estimate of drug-likeness (QED) is 0.0281. The average molecular weight is 1930 g/mol. The van der Waals surface area contributed by atoms with E-state index in [0.717, 1.165) is 83.6 Å². The smallest absolute Gasteiger partial charge is 0.322 e. The molecule has 0 aromatic carbocycles. The highest BCUT2D eigenvalue weighted by atomic mass is 16.8. The molecule has 0 aromatic heterocycles. The zero-order valence-electron chi connectivity index (χ0n) is 80.6. The van der Waals surface area contributed by atoms with Crippen LogP contribution >= 0.6 is 0 Å². The number of nitrogens with one attached hydrogen (secondary N) is 4. The molecule has 780 valence electrons. The van der Waals surface area contributed by atoms with Gasteiger partial charge in [-0.05, 0) is 103 Å². The second kappa shape index (κ2) is 78.6. The van der Waals surface area contributed by atoms with Gasteiger partial charge < -0.3 is 168 Å². The van der Waals surface area contributed by atoms with Crippen LogP contribution in [0.15, 0.2) is 60.3 Å². The van der Waals surface area contributed by atoms with Crippen molar-refractivity contribution in [3.05, 3.63) is 60.3 Å². The van der Waals surface area contributed by atoms with Crippen molar-refractivity contribution in [2.45, 2.75) is 323 Å². The second-order valence-electron chi connectivity index (χ2n) is 34.6. The van der Waals surface area contributed by atoms with Gasteiger partial charge in [0.15, 0.2) is 24.5 Å². The van der Waals surface area contributed by atoms with Crippen LogP contribution in [0.5, 0.6) is 0 Å². The number of hydrogen-bond acceptors (Lipinski definition) is 34. The number of likely N-dealkylation sites (N-methyl/N-ethyl adjacent to an activating group) is 1. The number of amides is 4. The Kier molecular flexibility index (Phi) is 71.1. The van der Waals surface area contributed by atoms with Crippen molar-refractivity contribution in [2.24, 2.45) is 0 Å². The highest BCUT2D eigenvalue weighted by Crippen LogP contribution is 2.36. The van der Waals surface area contributed by atoms with Crippen LogP contribution in [0.1, 0.15) is 226 Å². The van der Waals surface area contributed by atoms with Gasteiger partial charge in [-0.2, -0.15) is 0 Å². The zero-order valence-corrected chi connectivity index (χ0v) is 80.6. The van der Waals surface area contributed by atoms with Crippen LogP contribution in [0.25, 0.3) is 0 Å². The summed E-state index contributed by atoms with van der Waals surface area (Å²) in [6.07, 6.45) is 31.9. The third-order valence-corrected chi connectivity index (χ3v) is 23.0. The first-order chi connectivity index (χ1) is 65.2. The van der Waals surface area contributed by atoms with Gasteiger partial charge in [-0.1, -0.05) is 146 Å². The number of allylic oxidation sites excluding steroid dienone is 8. The minimum atomic E-state index is -1.70. The summed E-state index contributed by atoms with van der Waals surface area (Å²) in [6.45, 7) is 5.45. The van der Waals surface area contributed by atoms with E-state index in [2.05, 4.69) is 95.7 Å². The third kappa shape index (κ3) is 55.8. The highest BCUT2D eigenvalue weighted by Gasteiger charge is 2.47. The largest absolute Gasteiger partial charge is 0.504 e. The van der Waals surface area contributed by atoms with E-state index in [0.29, 0.717) is 19.6 Å². The Morgan fingerprint density at radius 1 is 0.410 bits per heavy atom. The summed E-state index contributed by atoms with van der Waals surface area (Å²) >= 11 is 0. The standard InChI is InChI=1S/C96H173N5O33/c1-4-6-8-10-12-14-16-18-20-22-24-26-28-30-32-36-43-96(44-37-33-31-29-27-25-23-21-19-17-15-13-11-9-7-5-2)130-71-75(134-96)67-101(3)48-38-34-35-39-82(108)100-95(72-124-49-40-79(105)97-45-52-118-55-58-121-61-64-127-92-89(115)86(112)83(109)76(68-102)131-92,73-125-50-41-80(106)98-46-53-119-56-59-122-62-65-128-93-90(116)87(113)84(110)77(69-103)132-93)74-126-51-42-81(107)99-47-54-120-57-60-123-63-66-129-94-91(117)88(114)85(111)78(70-104)133-94/h12-15,18-21,75-78,83-90,92-93,102-104,109-117H,4-11,16-17,22-74H2,1-3H3,(H,97,105)(H,98,106)(H,99,107)(H,100,108)/b14-12-,15-13-,20-18-,21-19-/t75-,76?,77?,78?,83+,84+,85+,86?,87?,88?,89?,90?,92+,93+,95?/m0/s1. The zero-order chi connectivity index (χ0) is 97.2. The van der Waals surface area contributed by atoms with Crippen LogP contribution in [0.4, 0.5) is 0 Å². The van der Waals surface area contributed by atoms with E-state index < -0.39 is 123 Å². The second-order valence-corrected chi connectivity index (χ2v) is 34.6. The fraction of sp³-hybridized carbons (Fsp3) is 0.854. The molecule has 4 heterocycles. The van der Waals surface area contributed by atoms with Crippen LogP contribution in [0, 0.1) is 0 Å². The Bertz CT molecular complexity index is 2950. The number of rotatable bonds is 87. The monoisotopic (exact) mass is 1920 g/mol. The molecule has 0 bridgehead atoms. The van der Waals surface area contributed by atoms with Gasteiger partial charge >= 0.3 is 5.95 Å². The van der Waals surface area contributed by atoms with Crippen LogP contribution in [-0.4, -0.2) is 392 Å². The molecule has 0 aromatic rings. The number of carbonyl (C=O) groups excluding carboxylic acids is 4. The lowest BCUT2D eigenvalue weighted by Crippen LogP contribution is -2.59. The predicted molar refractivity (Wildman–Crippen MR) is 498 cm³/mol. The van der Waals surface area contributed by atoms with Crippen molar-refractivity contribution in [1.82, 2.24) is 26.2 Å². The van der Waals surface area contributed by atoms with Gasteiger partial charge in [-0.3, -0.25) is 19.2 Å². The van der Waals surface area contributed by atoms with Crippen molar-refractivity contribution < 1.29 is 161 Å².